The molecule has 1 aromatic carbocycles. The zero-order valence-electron chi connectivity index (χ0n) is 10.2. The highest BCUT2D eigenvalue weighted by molar-refractivity contribution is 7.89. The highest BCUT2D eigenvalue weighted by atomic mass is 35.5. The summed E-state index contributed by atoms with van der Waals surface area (Å²) in [5, 5.41) is 0.647. The number of rotatable bonds is 2. The van der Waals surface area contributed by atoms with Crippen molar-refractivity contribution in [3.05, 3.63) is 34.9 Å². The van der Waals surface area contributed by atoms with Gasteiger partial charge in [0, 0.05) is 17.6 Å². The first kappa shape index (κ1) is 13.8. The fourth-order valence-corrected chi connectivity index (χ4v) is 3.56. The Balaban J connectivity index is 2.21. The van der Waals surface area contributed by atoms with Gasteiger partial charge in [-0.3, -0.25) is 0 Å². The number of hydrogen-bond acceptors (Lipinski definition) is 3. The molecule has 1 aliphatic heterocycles. The lowest BCUT2D eigenvalue weighted by Gasteiger charge is -2.25. The molecule has 6 heteroatoms. The van der Waals surface area contributed by atoms with Gasteiger partial charge in [0.1, 0.15) is 0 Å². The Hall–Kier alpha value is -0.620. The summed E-state index contributed by atoms with van der Waals surface area (Å²) in [6.07, 6.45) is 0. The first-order valence-electron chi connectivity index (χ1n) is 5.81. The van der Waals surface area contributed by atoms with Crippen LogP contribution in [-0.2, 0) is 21.3 Å². The van der Waals surface area contributed by atoms with E-state index >= 15 is 0 Å². The van der Waals surface area contributed by atoms with Crippen LogP contribution in [0.1, 0.15) is 12.5 Å². The number of hydrogen-bond donors (Lipinski definition) is 0. The lowest BCUT2D eigenvalue weighted by Crippen LogP contribution is -2.39. The van der Waals surface area contributed by atoms with Crippen molar-refractivity contribution in [3.63, 3.8) is 0 Å². The molecule has 1 aromatic rings. The van der Waals surface area contributed by atoms with E-state index in [1.165, 1.54) is 4.31 Å². The van der Waals surface area contributed by atoms with E-state index in [-0.39, 0.29) is 18.4 Å². The predicted octanol–water partition coefficient (Wildman–Crippen LogP) is 1.89. The maximum atomic E-state index is 12.1. The first-order chi connectivity index (χ1) is 8.49. The molecule has 1 saturated heterocycles. The molecule has 18 heavy (non-hydrogen) atoms. The minimum Gasteiger partial charge on any atom is -0.379 e. The van der Waals surface area contributed by atoms with Gasteiger partial charge in [-0.15, -0.1) is 0 Å². The van der Waals surface area contributed by atoms with Crippen LogP contribution in [0.15, 0.2) is 24.3 Å². The molecule has 0 spiro atoms. The molecule has 0 aliphatic carbocycles. The molecule has 4 nitrogen and oxygen atoms in total. The van der Waals surface area contributed by atoms with Crippen molar-refractivity contribution in [3.8, 4) is 0 Å². The van der Waals surface area contributed by atoms with Crippen LogP contribution in [-0.4, -0.2) is 37.7 Å². The van der Waals surface area contributed by atoms with E-state index in [1.54, 1.807) is 12.1 Å². The van der Waals surface area contributed by atoms with Crippen LogP contribution >= 0.6 is 11.6 Å². The Kier molecular flexibility index (Phi) is 4.27. The second-order valence-corrected chi connectivity index (χ2v) is 6.89. The molecule has 1 fully saturated rings. The number of ether oxygens (including phenoxy) is 1. The van der Waals surface area contributed by atoms with E-state index in [9.17, 15) is 8.42 Å². The molecule has 0 unspecified atom stereocenters. The fourth-order valence-electron chi connectivity index (χ4n) is 1.92. The maximum absolute atomic E-state index is 12.1. The summed E-state index contributed by atoms with van der Waals surface area (Å²) in [4.78, 5) is 0. The molecular formula is C12H16ClNO3S. The van der Waals surface area contributed by atoms with Crippen LogP contribution < -0.4 is 0 Å². The van der Waals surface area contributed by atoms with Gasteiger partial charge in [0.05, 0.1) is 19.0 Å². The molecular weight excluding hydrogens is 274 g/mol. The van der Waals surface area contributed by atoms with Gasteiger partial charge in [0.15, 0.2) is 0 Å². The third-order valence-corrected chi connectivity index (χ3v) is 5.08. The van der Waals surface area contributed by atoms with Crippen molar-refractivity contribution < 1.29 is 13.2 Å². The van der Waals surface area contributed by atoms with Crippen molar-refractivity contribution >= 4 is 21.6 Å². The Morgan fingerprint density at radius 1 is 1.39 bits per heavy atom. The molecule has 0 saturated carbocycles. The van der Waals surface area contributed by atoms with Gasteiger partial charge in [-0.25, -0.2) is 8.42 Å². The summed E-state index contributed by atoms with van der Waals surface area (Å²) >= 11 is 5.81. The molecule has 1 aliphatic rings. The van der Waals surface area contributed by atoms with E-state index in [4.69, 9.17) is 16.3 Å². The van der Waals surface area contributed by atoms with E-state index in [0.717, 1.165) is 5.56 Å². The first-order valence-corrected chi connectivity index (χ1v) is 7.79. The minimum absolute atomic E-state index is 0.0466. The summed E-state index contributed by atoms with van der Waals surface area (Å²) in [5.41, 5.74) is 0.928. The molecule has 0 N–H and O–H groups in total. The second kappa shape index (κ2) is 5.57. The lowest BCUT2D eigenvalue weighted by molar-refractivity contribution is 0.116. The van der Waals surface area contributed by atoms with Crippen molar-refractivity contribution in [1.82, 2.24) is 4.31 Å². The van der Waals surface area contributed by atoms with Crippen molar-refractivity contribution in [2.24, 2.45) is 0 Å². The Labute approximate surface area is 113 Å². The van der Waals surface area contributed by atoms with Gasteiger partial charge >= 0.3 is 0 Å². The van der Waals surface area contributed by atoms with Crippen LogP contribution in [0.5, 0.6) is 0 Å². The van der Waals surface area contributed by atoms with Gasteiger partial charge in [0.2, 0.25) is 10.0 Å². The highest BCUT2D eigenvalue weighted by Crippen LogP contribution is 2.18. The van der Waals surface area contributed by atoms with Gasteiger partial charge in [-0.05, 0) is 24.6 Å². The van der Waals surface area contributed by atoms with Gasteiger partial charge in [0.25, 0.3) is 0 Å². The molecule has 0 aromatic heterocycles. The van der Waals surface area contributed by atoms with E-state index in [0.29, 0.717) is 18.2 Å². The average molecular weight is 290 g/mol. The standard InChI is InChI=1S/C12H16ClNO3S/c1-10-9-17-6-7-18(15,16)14(10)8-11-2-4-12(13)5-3-11/h2-5,10H,6-9H2,1H3/t10-/m0/s1. The second-order valence-electron chi connectivity index (χ2n) is 4.41. The Morgan fingerprint density at radius 2 is 2.06 bits per heavy atom. The fraction of sp³-hybridized carbons (Fsp3) is 0.500. The van der Waals surface area contributed by atoms with Gasteiger partial charge in [-0.2, -0.15) is 4.31 Å². The van der Waals surface area contributed by atoms with Crippen molar-refractivity contribution in [2.75, 3.05) is 19.0 Å². The molecule has 1 atom stereocenters. The van der Waals surface area contributed by atoms with E-state index in [1.807, 2.05) is 19.1 Å². The maximum Gasteiger partial charge on any atom is 0.217 e. The summed E-state index contributed by atoms with van der Waals surface area (Å²) in [7, 11) is -3.24. The minimum atomic E-state index is -3.24. The number of halogens is 1. The van der Waals surface area contributed by atoms with Crippen LogP contribution in [0, 0.1) is 0 Å². The third kappa shape index (κ3) is 3.23. The molecule has 1 heterocycles. The number of nitrogens with zero attached hydrogens (tertiary/aromatic N) is 1. The summed E-state index contributed by atoms with van der Waals surface area (Å²) < 4.78 is 31.0. The number of benzene rings is 1. The Morgan fingerprint density at radius 3 is 2.72 bits per heavy atom. The third-order valence-electron chi connectivity index (χ3n) is 2.95. The summed E-state index contributed by atoms with van der Waals surface area (Å²) in [5.74, 6) is 0.0466. The normalized spacial score (nSPS) is 24.7. The predicted molar refractivity (Wildman–Crippen MR) is 71.1 cm³/mol. The summed E-state index contributed by atoms with van der Waals surface area (Å²) in [6.45, 7) is 2.93. The van der Waals surface area contributed by atoms with Gasteiger partial charge < -0.3 is 4.74 Å². The monoisotopic (exact) mass is 289 g/mol. The molecule has 0 bridgehead atoms. The van der Waals surface area contributed by atoms with Crippen LogP contribution in [0.2, 0.25) is 5.02 Å². The quantitative estimate of drug-likeness (QED) is 0.835. The number of sulfonamides is 1. The Bertz CT molecular complexity index is 501. The zero-order chi connectivity index (χ0) is 13.2. The molecule has 0 amide bonds. The summed E-state index contributed by atoms with van der Waals surface area (Å²) in [6, 6.07) is 7.07. The van der Waals surface area contributed by atoms with Crippen LogP contribution in [0.4, 0.5) is 0 Å². The lowest BCUT2D eigenvalue weighted by atomic mass is 10.2. The van der Waals surface area contributed by atoms with E-state index < -0.39 is 10.0 Å². The molecule has 100 valence electrons. The van der Waals surface area contributed by atoms with E-state index in [2.05, 4.69) is 0 Å². The van der Waals surface area contributed by atoms with Crippen LogP contribution in [0.25, 0.3) is 0 Å². The smallest absolute Gasteiger partial charge is 0.217 e. The SMILES string of the molecule is C[C@H]1COCCS(=O)(=O)N1Cc1ccc(Cl)cc1. The van der Waals surface area contributed by atoms with Gasteiger partial charge in [-0.1, -0.05) is 23.7 Å². The largest absolute Gasteiger partial charge is 0.379 e. The highest BCUT2D eigenvalue weighted by Gasteiger charge is 2.29. The van der Waals surface area contributed by atoms with Crippen LogP contribution in [0.3, 0.4) is 0 Å². The molecule has 0 radical (unpaired) electrons. The van der Waals surface area contributed by atoms with Crippen molar-refractivity contribution in [1.29, 1.82) is 0 Å². The topological polar surface area (TPSA) is 46.6 Å². The zero-order valence-corrected chi connectivity index (χ0v) is 11.7. The molecule has 2 rings (SSSR count). The average Bonchev–Trinajstić information content (AvgIpc) is 2.44. The van der Waals surface area contributed by atoms with Crippen molar-refractivity contribution in [2.45, 2.75) is 19.5 Å².